The molecule has 2 rings (SSSR count). The monoisotopic (exact) mass is 239 g/mol. The first-order valence-corrected chi connectivity index (χ1v) is 6.62. The number of nitrogens with zero attached hydrogens (tertiary/aromatic N) is 1. The summed E-state index contributed by atoms with van der Waals surface area (Å²) in [4.78, 5) is 14.0. The fourth-order valence-corrected chi connectivity index (χ4v) is 3.99. The summed E-state index contributed by atoms with van der Waals surface area (Å²) in [6.45, 7) is 8.13. The number of nitrogens with two attached hydrogens (primary N) is 2. The fraction of sp³-hybridized carbons (Fsp3) is 0.923. The van der Waals surface area contributed by atoms with Gasteiger partial charge in [0.05, 0.1) is 0 Å². The van der Waals surface area contributed by atoms with Gasteiger partial charge < -0.3 is 16.4 Å². The summed E-state index contributed by atoms with van der Waals surface area (Å²) in [5.74, 6) is 1.13. The Bertz CT molecular complexity index is 316. The van der Waals surface area contributed by atoms with Gasteiger partial charge in [0.1, 0.15) is 0 Å². The third kappa shape index (κ3) is 2.08. The van der Waals surface area contributed by atoms with Crippen LogP contribution in [0.4, 0.5) is 0 Å². The molecule has 2 aliphatic rings. The van der Waals surface area contributed by atoms with Gasteiger partial charge in [-0.3, -0.25) is 4.79 Å². The Morgan fingerprint density at radius 1 is 1.47 bits per heavy atom. The zero-order valence-electron chi connectivity index (χ0n) is 11.1. The van der Waals surface area contributed by atoms with Gasteiger partial charge in [0.2, 0.25) is 5.91 Å². The van der Waals surface area contributed by atoms with Crippen LogP contribution in [0.1, 0.15) is 33.6 Å². The van der Waals surface area contributed by atoms with E-state index in [-0.39, 0.29) is 23.4 Å². The highest BCUT2D eigenvalue weighted by molar-refractivity contribution is 5.79. The van der Waals surface area contributed by atoms with Crippen molar-refractivity contribution in [3.8, 4) is 0 Å². The number of carbonyl (C=O) groups excluding carboxylic acids is 1. The Kier molecular flexibility index (Phi) is 3.21. The second kappa shape index (κ2) is 4.25. The van der Waals surface area contributed by atoms with Crippen LogP contribution in [0.3, 0.4) is 0 Å². The molecule has 4 atom stereocenters. The highest BCUT2D eigenvalue weighted by Gasteiger charge is 2.50. The zero-order valence-corrected chi connectivity index (χ0v) is 11.1. The van der Waals surface area contributed by atoms with Crippen molar-refractivity contribution in [3.05, 3.63) is 0 Å². The molecule has 4 N–H and O–H groups in total. The molecule has 0 spiro atoms. The number of hydrogen-bond acceptors (Lipinski definition) is 3. The smallest absolute Gasteiger partial charge is 0.224 e. The van der Waals surface area contributed by atoms with Crippen LogP contribution in [-0.4, -0.2) is 36.0 Å². The third-order valence-electron chi connectivity index (χ3n) is 4.65. The Balaban J connectivity index is 2.22. The molecule has 0 aromatic heterocycles. The molecule has 0 radical (unpaired) electrons. The van der Waals surface area contributed by atoms with E-state index in [1.165, 1.54) is 0 Å². The van der Waals surface area contributed by atoms with E-state index < -0.39 is 0 Å². The van der Waals surface area contributed by atoms with Crippen LogP contribution < -0.4 is 11.5 Å². The summed E-state index contributed by atoms with van der Waals surface area (Å²) in [7, 11) is 0. The summed E-state index contributed by atoms with van der Waals surface area (Å²) in [6.07, 6.45) is 1.64. The Morgan fingerprint density at radius 3 is 2.59 bits per heavy atom. The highest BCUT2D eigenvalue weighted by atomic mass is 16.2. The highest BCUT2D eigenvalue weighted by Crippen LogP contribution is 2.48. The number of carbonyl (C=O) groups is 1. The predicted molar refractivity (Wildman–Crippen MR) is 68.2 cm³/mol. The van der Waals surface area contributed by atoms with E-state index in [2.05, 4.69) is 20.8 Å². The predicted octanol–water partition coefficient (Wildman–Crippen LogP) is 0.556. The number of hydrogen-bond donors (Lipinski definition) is 2. The maximum atomic E-state index is 12.0. The first-order chi connectivity index (χ1) is 7.86. The number of rotatable bonds is 2. The molecule has 1 saturated heterocycles. The number of likely N-dealkylation sites (tertiary alicyclic amines) is 1. The summed E-state index contributed by atoms with van der Waals surface area (Å²) in [6, 6.07) is 0.299. The van der Waals surface area contributed by atoms with Crippen molar-refractivity contribution in [2.75, 3.05) is 13.1 Å². The molecule has 98 valence electrons. The summed E-state index contributed by atoms with van der Waals surface area (Å²) in [5, 5.41) is 0. The van der Waals surface area contributed by atoms with Gasteiger partial charge in [0.15, 0.2) is 0 Å². The van der Waals surface area contributed by atoms with Crippen LogP contribution in [0.25, 0.3) is 0 Å². The van der Waals surface area contributed by atoms with E-state index in [1.807, 2.05) is 4.90 Å². The average molecular weight is 239 g/mol. The van der Waals surface area contributed by atoms with Crippen molar-refractivity contribution in [1.29, 1.82) is 0 Å². The molecule has 0 aromatic rings. The van der Waals surface area contributed by atoms with E-state index in [9.17, 15) is 4.79 Å². The van der Waals surface area contributed by atoms with Gasteiger partial charge in [-0.05, 0) is 30.2 Å². The van der Waals surface area contributed by atoms with Gasteiger partial charge in [-0.25, -0.2) is 0 Å². The molecular formula is C13H25N3O. The first-order valence-electron chi connectivity index (χ1n) is 6.62. The molecular weight excluding hydrogens is 214 g/mol. The Labute approximate surface area is 104 Å². The fourth-order valence-electron chi connectivity index (χ4n) is 3.99. The van der Waals surface area contributed by atoms with Crippen LogP contribution in [0.2, 0.25) is 0 Å². The number of amides is 1. The SMILES string of the molecule is CC1CC(C)(C)C(CN)C1N1CC(N)CC1=O. The maximum Gasteiger partial charge on any atom is 0.224 e. The lowest BCUT2D eigenvalue weighted by Crippen LogP contribution is -2.47. The van der Waals surface area contributed by atoms with Crippen molar-refractivity contribution < 1.29 is 4.79 Å². The normalized spacial score (nSPS) is 41.2. The summed E-state index contributed by atoms with van der Waals surface area (Å²) >= 11 is 0. The zero-order chi connectivity index (χ0) is 12.8. The van der Waals surface area contributed by atoms with E-state index in [4.69, 9.17) is 11.5 Å². The quantitative estimate of drug-likeness (QED) is 0.739. The van der Waals surface area contributed by atoms with Gasteiger partial charge in [0.25, 0.3) is 0 Å². The lowest BCUT2D eigenvalue weighted by atomic mass is 9.80. The second-order valence-electron chi connectivity index (χ2n) is 6.51. The molecule has 1 amide bonds. The van der Waals surface area contributed by atoms with Gasteiger partial charge in [-0.15, -0.1) is 0 Å². The standard InChI is InChI=1S/C13H25N3O/c1-8-5-13(2,3)10(6-14)12(8)16-7-9(15)4-11(16)17/h8-10,12H,4-7,14-15H2,1-3H3. The third-order valence-corrected chi connectivity index (χ3v) is 4.65. The van der Waals surface area contributed by atoms with Crippen molar-refractivity contribution in [3.63, 3.8) is 0 Å². The average Bonchev–Trinajstić information content (AvgIpc) is 2.62. The van der Waals surface area contributed by atoms with Crippen molar-refractivity contribution in [1.82, 2.24) is 4.90 Å². The van der Waals surface area contributed by atoms with E-state index >= 15 is 0 Å². The molecule has 0 bridgehead atoms. The largest absolute Gasteiger partial charge is 0.337 e. The Morgan fingerprint density at radius 2 is 2.12 bits per heavy atom. The maximum absolute atomic E-state index is 12.0. The van der Waals surface area contributed by atoms with E-state index in [0.29, 0.717) is 31.3 Å². The second-order valence-corrected chi connectivity index (χ2v) is 6.51. The minimum Gasteiger partial charge on any atom is -0.337 e. The van der Waals surface area contributed by atoms with Crippen molar-refractivity contribution >= 4 is 5.91 Å². The summed E-state index contributed by atoms with van der Waals surface area (Å²) < 4.78 is 0. The molecule has 1 aliphatic carbocycles. The first kappa shape index (κ1) is 12.8. The lowest BCUT2D eigenvalue weighted by Gasteiger charge is -2.35. The molecule has 1 aliphatic heterocycles. The molecule has 1 saturated carbocycles. The lowest BCUT2D eigenvalue weighted by molar-refractivity contribution is -0.131. The van der Waals surface area contributed by atoms with E-state index in [0.717, 1.165) is 6.42 Å². The van der Waals surface area contributed by atoms with Crippen LogP contribution in [0.15, 0.2) is 0 Å². The van der Waals surface area contributed by atoms with Crippen LogP contribution in [-0.2, 0) is 4.79 Å². The minimum atomic E-state index is 0.0110. The molecule has 4 unspecified atom stereocenters. The molecule has 2 fully saturated rings. The molecule has 4 nitrogen and oxygen atoms in total. The van der Waals surface area contributed by atoms with E-state index in [1.54, 1.807) is 0 Å². The molecule has 0 aromatic carbocycles. The summed E-state index contributed by atoms with van der Waals surface area (Å²) in [5.41, 5.74) is 12.1. The van der Waals surface area contributed by atoms with Gasteiger partial charge in [0, 0.05) is 25.0 Å². The van der Waals surface area contributed by atoms with Crippen LogP contribution in [0.5, 0.6) is 0 Å². The molecule has 17 heavy (non-hydrogen) atoms. The van der Waals surface area contributed by atoms with Gasteiger partial charge in [-0.2, -0.15) is 0 Å². The van der Waals surface area contributed by atoms with Crippen molar-refractivity contribution in [2.45, 2.75) is 45.7 Å². The van der Waals surface area contributed by atoms with Crippen LogP contribution >= 0.6 is 0 Å². The molecule has 4 heteroatoms. The topological polar surface area (TPSA) is 72.3 Å². The van der Waals surface area contributed by atoms with Crippen LogP contribution in [0, 0.1) is 17.3 Å². The minimum absolute atomic E-state index is 0.0110. The molecule has 1 heterocycles. The van der Waals surface area contributed by atoms with Crippen molar-refractivity contribution in [2.24, 2.45) is 28.7 Å². The Hall–Kier alpha value is -0.610. The van der Waals surface area contributed by atoms with Gasteiger partial charge in [-0.1, -0.05) is 20.8 Å². The van der Waals surface area contributed by atoms with Gasteiger partial charge >= 0.3 is 0 Å².